The topological polar surface area (TPSA) is 48.9 Å². The second-order valence-corrected chi connectivity index (χ2v) is 8.86. The van der Waals surface area contributed by atoms with Crippen LogP contribution in [0.1, 0.15) is 59.1 Å². The van der Waals surface area contributed by atoms with Crippen LogP contribution in [0.5, 0.6) is 0 Å². The fourth-order valence-electron chi connectivity index (χ4n) is 4.10. The molecule has 0 spiro atoms. The van der Waals surface area contributed by atoms with Crippen LogP contribution in [0.25, 0.3) is 0 Å². The van der Waals surface area contributed by atoms with E-state index in [9.17, 15) is 4.79 Å². The highest BCUT2D eigenvalue weighted by molar-refractivity contribution is 5.68. The Labute approximate surface area is 163 Å². The van der Waals surface area contributed by atoms with Crippen molar-refractivity contribution in [1.29, 1.82) is 0 Å². The van der Waals surface area contributed by atoms with Crippen molar-refractivity contribution in [2.45, 2.75) is 65.1 Å². The number of pyridine rings is 1. The molecule has 0 N–H and O–H groups in total. The number of aromatic nitrogens is 1. The number of anilines is 1. The minimum absolute atomic E-state index is 0.217. The molecular weight excluding hydrogens is 340 g/mol. The lowest BCUT2D eigenvalue weighted by Gasteiger charge is -2.38. The summed E-state index contributed by atoms with van der Waals surface area (Å²) in [5.74, 6) is 1.08. The number of carbonyl (C=O) groups is 1. The molecule has 0 radical (unpaired) electrons. The van der Waals surface area contributed by atoms with Crippen molar-refractivity contribution in [3.63, 3.8) is 0 Å². The van der Waals surface area contributed by atoms with E-state index < -0.39 is 5.60 Å². The lowest BCUT2D eigenvalue weighted by molar-refractivity contribution is 0.0240. The number of nitrogens with zero attached hydrogens (tertiary/aromatic N) is 4. The first-order valence-electron chi connectivity index (χ1n) is 10.2. The summed E-state index contributed by atoms with van der Waals surface area (Å²) in [4.78, 5) is 23.8. The Balaban J connectivity index is 1.69. The molecule has 2 aliphatic heterocycles. The van der Waals surface area contributed by atoms with Crippen molar-refractivity contribution in [2.75, 3.05) is 37.6 Å². The molecule has 3 rings (SSSR count). The fourth-order valence-corrected chi connectivity index (χ4v) is 4.10. The van der Waals surface area contributed by atoms with Crippen LogP contribution < -0.4 is 4.90 Å². The highest BCUT2D eigenvalue weighted by Crippen LogP contribution is 2.37. The van der Waals surface area contributed by atoms with Crippen molar-refractivity contribution in [3.8, 4) is 0 Å². The molecule has 1 aromatic heterocycles. The Hall–Kier alpha value is -1.82. The molecule has 150 valence electrons. The molecule has 6 heteroatoms. The van der Waals surface area contributed by atoms with Gasteiger partial charge in [0, 0.05) is 50.0 Å². The highest BCUT2D eigenvalue weighted by atomic mass is 16.6. The first-order chi connectivity index (χ1) is 12.8. The van der Waals surface area contributed by atoms with Gasteiger partial charge in [0.25, 0.3) is 0 Å². The van der Waals surface area contributed by atoms with Crippen molar-refractivity contribution in [1.82, 2.24) is 14.8 Å². The van der Waals surface area contributed by atoms with Crippen molar-refractivity contribution in [3.05, 3.63) is 23.9 Å². The number of hydrogen-bond acceptors (Lipinski definition) is 5. The van der Waals surface area contributed by atoms with Crippen molar-refractivity contribution < 1.29 is 9.53 Å². The normalized spacial score (nSPS) is 21.8. The Morgan fingerprint density at radius 3 is 2.52 bits per heavy atom. The lowest BCUT2D eigenvalue weighted by Crippen LogP contribution is -2.50. The smallest absolute Gasteiger partial charge is 0.410 e. The van der Waals surface area contributed by atoms with Gasteiger partial charge in [-0.05, 0) is 60.1 Å². The van der Waals surface area contributed by atoms with Gasteiger partial charge in [0.15, 0.2) is 0 Å². The van der Waals surface area contributed by atoms with Gasteiger partial charge in [0.05, 0.1) is 0 Å². The van der Waals surface area contributed by atoms with Crippen LogP contribution in [0.15, 0.2) is 18.3 Å². The summed E-state index contributed by atoms with van der Waals surface area (Å²) in [6, 6.07) is 5.26. The van der Waals surface area contributed by atoms with Gasteiger partial charge in [-0.15, -0.1) is 0 Å². The Morgan fingerprint density at radius 1 is 1.19 bits per heavy atom. The van der Waals surface area contributed by atoms with Crippen LogP contribution in [0.3, 0.4) is 0 Å². The molecule has 3 heterocycles. The minimum Gasteiger partial charge on any atom is -0.444 e. The number of amides is 1. The average molecular weight is 375 g/mol. The van der Waals surface area contributed by atoms with E-state index in [1.54, 1.807) is 4.90 Å². The van der Waals surface area contributed by atoms with Crippen LogP contribution in [-0.4, -0.2) is 65.2 Å². The van der Waals surface area contributed by atoms with Crippen LogP contribution >= 0.6 is 0 Å². The number of piperazine rings is 1. The monoisotopic (exact) mass is 374 g/mol. The summed E-state index contributed by atoms with van der Waals surface area (Å²) in [7, 11) is 0. The van der Waals surface area contributed by atoms with Gasteiger partial charge in [-0.25, -0.2) is 9.78 Å². The Morgan fingerprint density at radius 2 is 1.89 bits per heavy atom. The molecule has 27 heavy (non-hydrogen) atoms. The maximum Gasteiger partial charge on any atom is 0.410 e. The second kappa shape index (κ2) is 8.05. The number of hydrogen-bond donors (Lipinski definition) is 0. The molecule has 0 saturated carbocycles. The molecule has 1 atom stereocenters. The third kappa shape index (κ3) is 4.72. The Kier molecular flexibility index (Phi) is 5.94. The SMILES string of the molecule is CC(C)N1CCC[C@H]1c1cccnc1N1CCN(C(=O)OC(C)(C)C)CC1. The molecule has 1 aromatic rings. The van der Waals surface area contributed by atoms with Crippen LogP contribution in [0.2, 0.25) is 0 Å². The van der Waals surface area contributed by atoms with Gasteiger partial charge in [-0.3, -0.25) is 4.90 Å². The quantitative estimate of drug-likeness (QED) is 0.808. The molecule has 6 nitrogen and oxygen atoms in total. The van der Waals surface area contributed by atoms with Gasteiger partial charge >= 0.3 is 6.09 Å². The molecule has 2 saturated heterocycles. The number of carbonyl (C=O) groups excluding carboxylic acids is 1. The predicted molar refractivity (Wildman–Crippen MR) is 108 cm³/mol. The molecule has 2 fully saturated rings. The average Bonchev–Trinajstić information content (AvgIpc) is 3.10. The maximum atomic E-state index is 12.3. The second-order valence-electron chi connectivity index (χ2n) is 8.86. The molecule has 0 bridgehead atoms. The van der Waals surface area contributed by atoms with E-state index in [1.165, 1.54) is 18.4 Å². The van der Waals surface area contributed by atoms with E-state index in [1.807, 2.05) is 33.0 Å². The predicted octanol–water partition coefficient (Wildman–Crippen LogP) is 3.68. The van der Waals surface area contributed by atoms with Gasteiger partial charge in [-0.2, -0.15) is 0 Å². The molecular formula is C21H34N4O2. The maximum absolute atomic E-state index is 12.3. The van der Waals surface area contributed by atoms with Crippen molar-refractivity contribution >= 4 is 11.9 Å². The van der Waals surface area contributed by atoms with Gasteiger partial charge in [0.2, 0.25) is 0 Å². The molecule has 2 aliphatic rings. The van der Waals surface area contributed by atoms with E-state index in [-0.39, 0.29) is 6.09 Å². The van der Waals surface area contributed by atoms with Crippen molar-refractivity contribution in [2.24, 2.45) is 0 Å². The molecule has 0 aromatic carbocycles. The first-order valence-corrected chi connectivity index (χ1v) is 10.2. The minimum atomic E-state index is -0.453. The van der Waals surface area contributed by atoms with E-state index >= 15 is 0 Å². The largest absolute Gasteiger partial charge is 0.444 e. The number of likely N-dealkylation sites (tertiary alicyclic amines) is 1. The molecule has 0 unspecified atom stereocenters. The molecule has 1 amide bonds. The zero-order valence-electron chi connectivity index (χ0n) is 17.4. The first kappa shape index (κ1) is 19.9. The summed E-state index contributed by atoms with van der Waals surface area (Å²) in [5.41, 5.74) is 0.875. The van der Waals surface area contributed by atoms with Gasteiger partial charge in [-0.1, -0.05) is 6.07 Å². The van der Waals surface area contributed by atoms with Gasteiger partial charge in [0.1, 0.15) is 11.4 Å². The number of ether oxygens (including phenoxy) is 1. The zero-order chi connectivity index (χ0) is 19.6. The van der Waals surface area contributed by atoms with Crippen LogP contribution in [-0.2, 0) is 4.74 Å². The van der Waals surface area contributed by atoms with Crippen LogP contribution in [0.4, 0.5) is 10.6 Å². The third-order valence-corrected chi connectivity index (χ3v) is 5.36. The number of rotatable bonds is 3. The highest BCUT2D eigenvalue weighted by Gasteiger charge is 2.32. The fraction of sp³-hybridized carbons (Fsp3) is 0.714. The van der Waals surface area contributed by atoms with E-state index in [4.69, 9.17) is 9.72 Å². The van der Waals surface area contributed by atoms with E-state index in [0.717, 1.165) is 25.5 Å². The summed E-state index contributed by atoms with van der Waals surface area (Å²) in [6.07, 6.45) is 4.09. The van der Waals surface area contributed by atoms with E-state index in [0.29, 0.717) is 25.2 Å². The summed E-state index contributed by atoms with van der Waals surface area (Å²) < 4.78 is 5.51. The van der Waals surface area contributed by atoms with E-state index in [2.05, 4.69) is 29.7 Å². The summed E-state index contributed by atoms with van der Waals surface area (Å²) in [6.45, 7) is 14.3. The van der Waals surface area contributed by atoms with Gasteiger partial charge < -0.3 is 14.5 Å². The lowest BCUT2D eigenvalue weighted by atomic mass is 10.0. The van der Waals surface area contributed by atoms with Crippen LogP contribution in [0, 0.1) is 0 Å². The summed E-state index contributed by atoms with van der Waals surface area (Å²) in [5, 5.41) is 0. The standard InChI is InChI=1S/C21H34N4O2/c1-16(2)25-11-7-9-18(25)17-8-6-10-22-19(17)23-12-14-24(15-13-23)20(26)27-21(3,4)5/h6,8,10,16,18H,7,9,11-15H2,1-5H3/t18-/m0/s1. The third-order valence-electron chi connectivity index (χ3n) is 5.36. The zero-order valence-corrected chi connectivity index (χ0v) is 17.4. The summed E-state index contributed by atoms with van der Waals surface area (Å²) >= 11 is 0. The molecule has 0 aliphatic carbocycles. The Bertz CT molecular complexity index is 648.